The molecule has 0 saturated carbocycles. The minimum atomic E-state index is -0.117. The molecule has 0 bridgehead atoms. The van der Waals surface area contributed by atoms with E-state index in [2.05, 4.69) is 12.2 Å². The Bertz CT molecular complexity index is 481. The maximum Gasteiger partial charge on any atom is 0.241 e. The molecule has 1 amide bonds. The smallest absolute Gasteiger partial charge is 0.241 e. The fourth-order valence-corrected chi connectivity index (χ4v) is 2.87. The molecule has 1 aliphatic heterocycles. The summed E-state index contributed by atoms with van der Waals surface area (Å²) in [6, 6.07) is 7.56. The van der Waals surface area contributed by atoms with E-state index in [1.54, 1.807) is 7.11 Å². The minimum absolute atomic E-state index is 0.106. The lowest BCUT2D eigenvalue weighted by molar-refractivity contribution is -0.130. The average molecular weight is 311 g/mol. The summed E-state index contributed by atoms with van der Waals surface area (Å²) in [4.78, 5) is 14.4. The van der Waals surface area contributed by atoms with Gasteiger partial charge in [0.1, 0.15) is 6.17 Å². The normalized spacial score (nSPS) is 22.0. The second kappa shape index (κ2) is 7.78. The fourth-order valence-electron chi connectivity index (χ4n) is 2.68. The predicted octanol–water partition coefficient (Wildman–Crippen LogP) is 2.98. The van der Waals surface area contributed by atoms with Crippen molar-refractivity contribution in [2.75, 3.05) is 20.3 Å². The van der Waals surface area contributed by atoms with Crippen LogP contribution in [-0.4, -0.2) is 37.1 Å². The van der Waals surface area contributed by atoms with Crippen LogP contribution in [0.4, 0.5) is 0 Å². The number of benzene rings is 1. The lowest BCUT2D eigenvalue weighted by atomic mass is 10.1. The molecule has 0 aliphatic carbocycles. The van der Waals surface area contributed by atoms with Crippen LogP contribution in [0.5, 0.6) is 0 Å². The largest absolute Gasteiger partial charge is 0.383 e. The molecule has 1 N–H and O–H groups in total. The summed E-state index contributed by atoms with van der Waals surface area (Å²) >= 11 is 6.08. The predicted molar refractivity (Wildman–Crippen MR) is 84.2 cm³/mol. The molecule has 5 heteroatoms. The number of halogens is 1. The Balaban J connectivity index is 2.17. The van der Waals surface area contributed by atoms with Crippen LogP contribution in [0.1, 0.15) is 37.9 Å². The Labute approximate surface area is 131 Å². The summed E-state index contributed by atoms with van der Waals surface area (Å²) in [6.07, 6.45) is 2.89. The number of rotatable bonds is 7. The summed E-state index contributed by atoms with van der Waals surface area (Å²) in [5, 5.41) is 4.13. The van der Waals surface area contributed by atoms with Crippen molar-refractivity contribution in [1.29, 1.82) is 0 Å². The average Bonchev–Trinajstić information content (AvgIpc) is 2.79. The number of carbonyl (C=O) groups excluding carboxylic acids is 1. The maximum absolute atomic E-state index is 12.6. The summed E-state index contributed by atoms with van der Waals surface area (Å²) in [6.45, 7) is 3.25. The molecule has 1 heterocycles. The number of nitrogens with zero attached hydrogens (tertiary/aromatic N) is 1. The van der Waals surface area contributed by atoms with Crippen molar-refractivity contribution < 1.29 is 9.53 Å². The third-order valence-electron chi connectivity index (χ3n) is 3.80. The van der Waals surface area contributed by atoms with Crippen LogP contribution < -0.4 is 5.32 Å². The lowest BCUT2D eigenvalue weighted by Gasteiger charge is -2.24. The highest BCUT2D eigenvalue weighted by Crippen LogP contribution is 2.28. The summed E-state index contributed by atoms with van der Waals surface area (Å²) in [5.41, 5.74) is 1.02. The highest BCUT2D eigenvalue weighted by atomic mass is 35.5. The van der Waals surface area contributed by atoms with Crippen molar-refractivity contribution >= 4 is 17.5 Å². The second-order valence-electron chi connectivity index (χ2n) is 5.34. The van der Waals surface area contributed by atoms with Gasteiger partial charge in [-0.2, -0.15) is 0 Å². The highest BCUT2D eigenvalue weighted by Gasteiger charge is 2.38. The van der Waals surface area contributed by atoms with Gasteiger partial charge in [-0.15, -0.1) is 0 Å². The van der Waals surface area contributed by atoms with Crippen LogP contribution in [0.15, 0.2) is 24.3 Å². The van der Waals surface area contributed by atoms with Gasteiger partial charge in [0.25, 0.3) is 0 Å². The molecule has 4 nitrogen and oxygen atoms in total. The molecule has 2 unspecified atom stereocenters. The number of nitrogens with one attached hydrogen (secondary N) is 1. The van der Waals surface area contributed by atoms with E-state index in [4.69, 9.17) is 16.3 Å². The van der Waals surface area contributed by atoms with Crippen LogP contribution in [0.3, 0.4) is 0 Å². The zero-order chi connectivity index (χ0) is 15.2. The van der Waals surface area contributed by atoms with E-state index in [0.717, 1.165) is 24.8 Å². The van der Waals surface area contributed by atoms with Gasteiger partial charge in [0.15, 0.2) is 0 Å². The third-order valence-corrected chi connectivity index (χ3v) is 4.03. The van der Waals surface area contributed by atoms with Crippen molar-refractivity contribution in [2.24, 2.45) is 0 Å². The van der Waals surface area contributed by atoms with Crippen LogP contribution >= 0.6 is 11.6 Å². The number of hydrogen-bond acceptors (Lipinski definition) is 3. The van der Waals surface area contributed by atoms with E-state index in [9.17, 15) is 4.79 Å². The van der Waals surface area contributed by atoms with E-state index >= 15 is 0 Å². The topological polar surface area (TPSA) is 41.6 Å². The third kappa shape index (κ3) is 3.96. The zero-order valence-corrected chi connectivity index (χ0v) is 13.4. The number of ether oxygens (including phenoxy) is 1. The standard InChI is InChI=1S/C16H23ClN2O2/c1-3-4-8-14-16(20)19(9-10-21-2)15(18-14)12-6-5-7-13(17)11-12/h5-7,11,14-15,18H,3-4,8-10H2,1-2H3. The van der Waals surface area contributed by atoms with Gasteiger partial charge < -0.3 is 9.64 Å². The Morgan fingerprint density at radius 3 is 2.90 bits per heavy atom. The zero-order valence-electron chi connectivity index (χ0n) is 12.6. The van der Waals surface area contributed by atoms with Crippen molar-refractivity contribution in [3.63, 3.8) is 0 Å². The van der Waals surface area contributed by atoms with Gasteiger partial charge in [-0.1, -0.05) is 43.5 Å². The fraction of sp³-hybridized carbons (Fsp3) is 0.562. The van der Waals surface area contributed by atoms with E-state index in [1.807, 2.05) is 29.2 Å². The Morgan fingerprint density at radius 1 is 1.43 bits per heavy atom. The van der Waals surface area contributed by atoms with Gasteiger partial charge in [-0.05, 0) is 24.1 Å². The Morgan fingerprint density at radius 2 is 2.24 bits per heavy atom. The summed E-state index contributed by atoms with van der Waals surface area (Å²) < 4.78 is 5.13. The first-order valence-electron chi connectivity index (χ1n) is 7.48. The summed E-state index contributed by atoms with van der Waals surface area (Å²) in [5.74, 6) is 0.158. The van der Waals surface area contributed by atoms with E-state index in [1.165, 1.54) is 0 Å². The monoisotopic (exact) mass is 310 g/mol. The van der Waals surface area contributed by atoms with Crippen molar-refractivity contribution in [3.05, 3.63) is 34.9 Å². The molecular formula is C16H23ClN2O2. The first-order chi connectivity index (χ1) is 10.2. The van der Waals surface area contributed by atoms with Crippen LogP contribution in [0, 0.1) is 0 Å². The molecule has 1 aromatic rings. The maximum atomic E-state index is 12.6. The van der Waals surface area contributed by atoms with Crippen molar-refractivity contribution in [3.8, 4) is 0 Å². The van der Waals surface area contributed by atoms with Crippen molar-refractivity contribution in [2.45, 2.75) is 38.4 Å². The molecule has 1 saturated heterocycles. The molecule has 2 atom stereocenters. The van der Waals surface area contributed by atoms with Gasteiger partial charge in [-0.25, -0.2) is 0 Å². The van der Waals surface area contributed by atoms with E-state index < -0.39 is 0 Å². The van der Waals surface area contributed by atoms with Crippen molar-refractivity contribution in [1.82, 2.24) is 10.2 Å². The lowest BCUT2D eigenvalue weighted by Crippen LogP contribution is -2.33. The van der Waals surface area contributed by atoms with Gasteiger partial charge >= 0.3 is 0 Å². The molecule has 21 heavy (non-hydrogen) atoms. The van der Waals surface area contributed by atoms with Crippen LogP contribution in [0.2, 0.25) is 5.02 Å². The number of methoxy groups -OCH3 is 1. The molecule has 2 rings (SSSR count). The minimum Gasteiger partial charge on any atom is -0.383 e. The molecule has 0 aromatic heterocycles. The molecule has 0 radical (unpaired) electrons. The van der Waals surface area contributed by atoms with E-state index in [-0.39, 0.29) is 18.1 Å². The molecule has 1 aliphatic rings. The number of carbonyl (C=O) groups is 1. The van der Waals surface area contributed by atoms with Gasteiger partial charge in [0, 0.05) is 18.7 Å². The Hall–Kier alpha value is -1.10. The number of hydrogen-bond donors (Lipinski definition) is 1. The van der Waals surface area contributed by atoms with Crippen LogP contribution in [0.25, 0.3) is 0 Å². The number of unbranched alkanes of at least 4 members (excludes halogenated alkanes) is 1. The summed E-state index contributed by atoms with van der Waals surface area (Å²) in [7, 11) is 1.65. The first-order valence-corrected chi connectivity index (χ1v) is 7.86. The van der Waals surface area contributed by atoms with Gasteiger partial charge in [0.05, 0.1) is 12.6 Å². The first kappa shape index (κ1) is 16.3. The molecule has 1 aromatic carbocycles. The highest BCUT2D eigenvalue weighted by molar-refractivity contribution is 6.30. The number of amides is 1. The SMILES string of the molecule is CCCCC1NC(c2cccc(Cl)c2)N(CCOC)C1=O. The second-order valence-corrected chi connectivity index (χ2v) is 5.78. The molecule has 116 valence electrons. The van der Waals surface area contributed by atoms with Gasteiger partial charge in [-0.3, -0.25) is 10.1 Å². The molecular weight excluding hydrogens is 288 g/mol. The quantitative estimate of drug-likeness (QED) is 0.842. The van der Waals surface area contributed by atoms with Crippen LogP contribution in [-0.2, 0) is 9.53 Å². The Kier molecular flexibility index (Phi) is 6.03. The van der Waals surface area contributed by atoms with E-state index in [0.29, 0.717) is 18.2 Å². The molecule has 1 fully saturated rings. The molecule has 0 spiro atoms. The van der Waals surface area contributed by atoms with Gasteiger partial charge in [0.2, 0.25) is 5.91 Å².